The molecule has 0 aliphatic carbocycles. The number of amides is 2. The fourth-order valence-corrected chi connectivity index (χ4v) is 4.33. The normalized spacial score (nSPS) is 14.2. The Morgan fingerprint density at radius 3 is 1.94 bits per heavy atom. The van der Waals surface area contributed by atoms with Gasteiger partial charge in [0.05, 0.1) is 12.5 Å². The van der Waals surface area contributed by atoms with E-state index in [9.17, 15) is 9.59 Å². The predicted molar refractivity (Wildman–Crippen MR) is 129 cm³/mol. The predicted octanol–water partition coefficient (Wildman–Crippen LogP) is 4.64. The van der Waals surface area contributed by atoms with Crippen LogP contribution >= 0.6 is 0 Å². The van der Waals surface area contributed by atoms with Crippen molar-refractivity contribution in [2.24, 2.45) is 0 Å². The van der Waals surface area contributed by atoms with E-state index in [-0.39, 0.29) is 23.8 Å². The molecule has 0 aromatic heterocycles. The summed E-state index contributed by atoms with van der Waals surface area (Å²) >= 11 is 0. The average Bonchev–Trinajstić information content (AvgIpc) is 2.86. The lowest BCUT2D eigenvalue weighted by atomic mass is 9.89. The average molecular weight is 443 g/mol. The third-order valence-electron chi connectivity index (χ3n) is 6.08. The molecule has 0 unspecified atom stereocenters. The molecular formula is C28H30N2O3. The summed E-state index contributed by atoms with van der Waals surface area (Å²) in [4.78, 5) is 28.1. The first kappa shape index (κ1) is 22.6. The summed E-state index contributed by atoms with van der Waals surface area (Å²) in [6, 6.07) is 27.1. The molecule has 1 saturated heterocycles. The minimum absolute atomic E-state index is 0.0556. The fraction of sp³-hybridized carbons (Fsp3) is 0.286. The molecule has 0 radical (unpaired) electrons. The highest BCUT2D eigenvalue weighted by Crippen LogP contribution is 2.28. The topological polar surface area (TPSA) is 58.6 Å². The number of nitrogens with one attached hydrogen (secondary N) is 1. The molecule has 5 nitrogen and oxygen atoms in total. The Balaban J connectivity index is 1.38. The molecule has 1 N–H and O–H groups in total. The maximum atomic E-state index is 13.6. The van der Waals surface area contributed by atoms with Crippen LogP contribution in [-0.2, 0) is 4.79 Å². The lowest BCUT2D eigenvalue weighted by Crippen LogP contribution is -2.47. The van der Waals surface area contributed by atoms with Gasteiger partial charge >= 0.3 is 0 Å². The van der Waals surface area contributed by atoms with Crippen molar-refractivity contribution in [1.29, 1.82) is 0 Å². The molecule has 4 rings (SSSR count). The first-order valence-electron chi connectivity index (χ1n) is 11.6. The monoisotopic (exact) mass is 442 g/mol. The van der Waals surface area contributed by atoms with Gasteiger partial charge in [-0.3, -0.25) is 9.59 Å². The van der Waals surface area contributed by atoms with Crippen molar-refractivity contribution in [3.63, 3.8) is 0 Å². The van der Waals surface area contributed by atoms with Crippen molar-refractivity contribution < 1.29 is 14.3 Å². The van der Waals surface area contributed by atoms with Gasteiger partial charge in [-0.1, -0.05) is 60.7 Å². The highest BCUT2D eigenvalue weighted by molar-refractivity contribution is 5.94. The Hall–Kier alpha value is -3.60. The Morgan fingerprint density at radius 2 is 1.42 bits per heavy atom. The van der Waals surface area contributed by atoms with Gasteiger partial charge in [-0.25, -0.2) is 0 Å². The van der Waals surface area contributed by atoms with Crippen LogP contribution < -0.4 is 10.1 Å². The largest absolute Gasteiger partial charge is 0.494 e. The van der Waals surface area contributed by atoms with E-state index >= 15 is 0 Å². The van der Waals surface area contributed by atoms with E-state index in [2.05, 4.69) is 5.32 Å². The zero-order valence-electron chi connectivity index (χ0n) is 18.9. The van der Waals surface area contributed by atoms with E-state index in [1.807, 2.05) is 84.6 Å². The van der Waals surface area contributed by atoms with Gasteiger partial charge in [0, 0.05) is 24.7 Å². The molecule has 0 atom stereocenters. The molecule has 0 bridgehead atoms. The van der Waals surface area contributed by atoms with Gasteiger partial charge in [-0.05, 0) is 55.2 Å². The minimum Gasteiger partial charge on any atom is -0.494 e. The number of carbonyl (C=O) groups is 2. The first-order chi connectivity index (χ1) is 16.2. The van der Waals surface area contributed by atoms with Gasteiger partial charge in [0.2, 0.25) is 5.91 Å². The second kappa shape index (κ2) is 10.8. The number of benzene rings is 3. The molecule has 2 amide bonds. The summed E-state index contributed by atoms with van der Waals surface area (Å²) in [5, 5.41) is 3.12. The number of hydrogen-bond donors (Lipinski definition) is 1. The van der Waals surface area contributed by atoms with Gasteiger partial charge < -0.3 is 15.0 Å². The van der Waals surface area contributed by atoms with Crippen LogP contribution in [0.4, 0.5) is 0 Å². The number of nitrogens with zero attached hydrogens (tertiary/aromatic N) is 1. The van der Waals surface area contributed by atoms with E-state index in [0.717, 1.165) is 29.7 Å². The van der Waals surface area contributed by atoms with Gasteiger partial charge in [-0.15, -0.1) is 0 Å². The minimum atomic E-state index is -0.317. The SMILES string of the molecule is CCOc1ccc(C(=O)NC2CCN(C(=O)C(c3ccccc3)c3ccccc3)CC2)cc1. The molecule has 0 spiro atoms. The highest BCUT2D eigenvalue weighted by Gasteiger charge is 2.30. The Kier molecular flexibility index (Phi) is 7.40. The Labute approximate surface area is 195 Å². The molecule has 170 valence electrons. The number of carbonyl (C=O) groups excluding carboxylic acids is 2. The number of ether oxygens (including phenoxy) is 1. The molecule has 1 fully saturated rings. The standard InChI is InChI=1S/C28H30N2O3/c1-2-33-25-15-13-23(14-16-25)27(31)29-24-17-19-30(20-18-24)28(32)26(21-9-5-3-6-10-21)22-11-7-4-8-12-22/h3-16,24,26H,2,17-20H2,1H3,(H,29,31). The van der Waals surface area contributed by atoms with E-state index in [1.54, 1.807) is 12.1 Å². The summed E-state index contributed by atoms with van der Waals surface area (Å²) in [6.07, 6.45) is 1.48. The van der Waals surface area contributed by atoms with Crippen LogP contribution in [-0.4, -0.2) is 42.5 Å². The van der Waals surface area contributed by atoms with Gasteiger partial charge in [-0.2, -0.15) is 0 Å². The smallest absolute Gasteiger partial charge is 0.251 e. The summed E-state index contributed by atoms with van der Waals surface area (Å²) in [5.41, 5.74) is 2.62. The van der Waals surface area contributed by atoms with Crippen molar-refractivity contribution in [2.45, 2.75) is 31.7 Å². The van der Waals surface area contributed by atoms with Crippen LogP contribution in [0, 0.1) is 0 Å². The quantitative estimate of drug-likeness (QED) is 0.580. The van der Waals surface area contributed by atoms with E-state index in [4.69, 9.17) is 4.74 Å². The van der Waals surface area contributed by atoms with Gasteiger partial charge in [0.25, 0.3) is 5.91 Å². The maximum absolute atomic E-state index is 13.6. The van der Waals surface area contributed by atoms with Crippen LogP contribution in [0.15, 0.2) is 84.9 Å². The molecule has 33 heavy (non-hydrogen) atoms. The second-order valence-corrected chi connectivity index (χ2v) is 8.28. The van der Waals surface area contributed by atoms with Gasteiger partial charge in [0.1, 0.15) is 5.75 Å². The van der Waals surface area contributed by atoms with Crippen molar-refractivity contribution in [3.05, 3.63) is 102 Å². The van der Waals surface area contributed by atoms with Crippen LogP contribution in [0.25, 0.3) is 0 Å². The number of hydrogen-bond acceptors (Lipinski definition) is 3. The molecule has 1 aliphatic rings. The van der Waals surface area contributed by atoms with E-state index in [1.165, 1.54) is 0 Å². The summed E-state index contributed by atoms with van der Waals surface area (Å²) in [5.74, 6) is 0.465. The molecule has 5 heteroatoms. The highest BCUT2D eigenvalue weighted by atomic mass is 16.5. The van der Waals surface area contributed by atoms with Crippen molar-refractivity contribution in [2.75, 3.05) is 19.7 Å². The zero-order chi connectivity index (χ0) is 23.0. The number of rotatable bonds is 7. The first-order valence-corrected chi connectivity index (χ1v) is 11.6. The molecular weight excluding hydrogens is 412 g/mol. The van der Waals surface area contributed by atoms with Crippen LogP contribution in [0.2, 0.25) is 0 Å². The van der Waals surface area contributed by atoms with Crippen molar-refractivity contribution in [1.82, 2.24) is 10.2 Å². The lowest BCUT2D eigenvalue weighted by molar-refractivity contribution is -0.132. The summed E-state index contributed by atoms with van der Waals surface area (Å²) in [6.45, 7) is 3.78. The van der Waals surface area contributed by atoms with E-state index in [0.29, 0.717) is 25.3 Å². The summed E-state index contributed by atoms with van der Waals surface area (Å²) < 4.78 is 5.44. The number of piperidine rings is 1. The molecule has 3 aromatic rings. The van der Waals surface area contributed by atoms with Crippen molar-refractivity contribution in [3.8, 4) is 5.75 Å². The van der Waals surface area contributed by atoms with Crippen LogP contribution in [0.5, 0.6) is 5.75 Å². The Morgan fingerprint density at radius 1 is 0.879 bits per heavy atom. The molecule has 1 heterocycles. The third kappa shape index (κ3) is 5.61. The van der Waals surface area contributed by atoms with Gasteiger partial charge in [0.15, 0.2) is 0 Å². The fourth-order valence-electron chi connectivity index (χ4n) is 4.33. The third-order valence-corrected chi connectivity index (χ3v) is 6.08. The summed E-state index contributed by atoms with van der Waals surface area (Å²) in [7, 11) is 0. The van der Waals surface area contributed by atoms with Crippen molar-refractivity contribution >= 4 is 11.8 Å². The number of likely N-dealkylation sites (tertiary alicyclic amines) is 1. The molecule has 1 aliphatic heterocycles. The van der Waals surface area contributed by atoms with E-state index < -0.39 is 0 Å². The molecule has 3 aromatic carbocycles. The Bertz CT molecular complexity index is 1000. The van der Waals surface area contributed by atoms with Crippen LogP contribution in [0.3, 0.4) is 0 Å². The zero-order valence-corrected chi connectivity index (χ0v) is 18.9. The maximum Gasteiger partial charge on any atom is 0.251 e. The lowest BCUT2D eigenvalue weighted by Gasteiger charge is -2.35. The molecule has 0 saturated carbocycles. The second-order valence-electron chi connectivity index (χ2n) is 8.28. The van der Waals surface area contributed by atoms with Crippen LogP contribution in [0.1, 0.15) is 47.2 Å².